The van der Waals surface area contributed by atoms with Crippen LogP contribution >= 0.6 is 23.1 Å². The smallest absolute Gasteiger partial charge is 0.175 e. The van der Waals surface area contributed by atoms with Crippen LogP contribution in [0.5, 0.6) is 0 Å². The molecule has 0 bridgehead atoms. The third-order valence-corrected chi connectivity index (χ3v) is 14.1. The first-order valence-corrected chi connectivity index (χ1v) is 17.7. The quantitative estimate of drug-likeness (QED) is 0.232. The van der Waals surface area contributed by atoms with Crippen LogP contribution in [0.4, 0.5) is 0 Å². The number of ketones is 1. The van der Waals surface area contributed by atoms with Crippen molar-refractivity contribution in [1.82, 2.24) is 14.8 Å². The summed E-state index contributed by atoms with van der Waals surface area (Å²) < 4.78 is 4.01. The molecule has 4 aromatic rings. The molecule has 4 aliphatic carbocycles. The van der Waals surface area contributed by atoms with Crippen LogP contribution in [0.15, 0.2) is 64.6 Å². The molecule has 2 heterocycles. The second-order valence-electron chi connectivity index (χ2n) is 14.1. The van der Waals surface area contributed by atoms with Gasteiger partial charge in [0.05, 0.1) is 39.7 Å². The van der Waals surface area contributed by atoms with Gasteiger partial charge in [-0.15, -0.1) is 11.3 Å². The maximum Gasteiger partial charge on any atom is 0.175 e. The molecule has 0 saturated heterocycles. The molecule has 44 heavy (non-hydrogen) atoms. The molecule has 2 aromatic heterocycles. The number of hydrogen-bond donors (Lipinski definition) is 2. The molecule has 7 atom stereocenters. The highest BCUT2D eigenvalue weighted by Crippen LogP contribution is 2.67. The monoisotopic (exact) mass is 625 g/mol. The molecule has 4 aliphatic rings. The largest absolute Gasteiger partial charge is 0.393 e. The molecule has 0 radical (unpaired) electrons. The fraction of sp³-hybridized carbons (Fsp3) is 0.472. The van der Waals surface area contributed by atoms with Gasteiger partial charge in [0.2, 0.25) is 0 Å². The first kappa shape index (κ1) is 28.7. The number of aryl methyl sites for hydroxylation is 1. The molecule has 0 aliphatic heterocycles. The van der Waals surface area contributed by atoms with E-state index in [1.54, 1.807) is 11.3 Å². The Morgan fingerprint density at radius 2 is 1.93 bits per heavy atom. The van der Waals surface area contributed by atoms with Crippen molar-refractivity contribution in [3.8, 4) is 5.69 Å². The lowest BCUT2D eigenvalue weighted by atomic mass is 9.45. The fourth-order valence-corrected chi connectivity index (χ4v) is 11.7. The van der Waals surface area contributed by atoms with Gasteiger partial charge in [0.25, 0.3) is 0 Å². The van der Waals surface area contributed by atoms with Crippen LogP contribution < -0.4 is 0 Å². The van der Waals surface area contributed by atoms with Crippen molar-refractivity contribution >= 4 is 45.2 Å². The van der Waals surface area contributed by atoms with E-state index in [9.17, 15) is 15.0 Å². The number of thiazole rings is 1. The normalized spacial score (nSPS) is 34.2. The third kappa shape index (κ3) is 4.10. The summed E-state index contributed by atoms with van der Waals surface area (Å²) >= 11 is 3.02. The summed E-state index contributed by atoms with van der Waals surface area (Å²) in [5.41, 5.74) is 4.76. The van der Waals surface area contributed by atoms with Gasteiger partial charge in [-0.05, 0) is 105 Å². The van der Waals surface area contributed by atoms with Crippen LogP contribution in [0, 0.1) is 35.5 Å². The summed E-state index contributed by atoms with van der Waals surface area (Å²) in [7, 11) is 0. The Kier molecular flexibility index (Phi) is 6.59. The van der Waals surface area contributed by atoms with Crippen LogP contribution in [0.1, 0.15) is 62.8 Å². The molecule has 8 heteroatoms. The summed E-state index contributed by atoms with van der Waals surface area (Å²) in [4.78, 5) is 18.5. The van der Waals surface area contributed by atoms with Gasteiger partial charge in [0.15, 0.2) is 10.1 Å². The minimum absolute atomic E-state index is 0.0889. The predicted octanol–water partition coefficient (Wildman–Crippen LogP) is 7.04. The van der Waals surface area contributed by atoms with Gasteiger partial charge in [-0.3, -0.25) is 4.79 Å². The molecule has 0 amide bonds. The molecule has 8 rings (SSSR count). The SMILES string of the molecule is Cc1ccc(-n2ncc3c2C=C2CCC4C(C(O)CC5(C)C4CC[C@]5(O)C(=O)CSc4nc5ccccc5s4)C2(C)C3)cc1. The minimum atomic E-state index is -1.43. The fourth-order valence-electron chi connectivity index (χ4n) is 9.70. The van der Waals surface area contributed by atoms with Gasteiger partial charge >= 0.3 is 0 Å². The highest BCUT2D eigenvalue weighted by molar-refractivity contribution is 8.01. The number of aliphatic hydroxyl groups is 2. The maximum absolute atomic E-state index is 13.9. The van der Waals surface area contributed by atoms with E-state index in [0.29, 0.717) is 12.8 Å². The van der Waals surface area contributed by atoms with Crippen molar-refractivity contribution in [2.24, 2.45) is 28.6 Å². The van der Waals surface area contributed by atoms with Gasteiger partial charge in [0.1, 0.15) is 5.60 Å². The lowest BCUT2D eigenvalue weighted by Crippen LogP contribution is -2.62. The zero-order valence-electron chi connectivity index (χ0n) is 25.5. The number of nitrogens with zero attached hydrogens (tertiary/aromatic N) is 3. The van der Waals surface area contributed by atoms with Crippen LogP contribution in [0.25, 0.3) is 22.0 Å². The van der Waals surface area contributed by atoms with E-state index in [1.165, 1.54) is 28.5 Å². The van der Waals surface area contributed by atoms with E-state index in [1.807, 2.05) is 30.5 Å². The molecular formula is C36H39N3O3S2. The molecule has 228 valence electrons. The molecular weight excluding hydrogens is 587 g/mol. The van der Waals surface area contributed by atoms with Crippen molar-refractivity contribution < 1.29 is 15.0 Å². The average Bonchev–Trinajstić information content (AvgIpc) is 3.68. The van der Waals surface area contributed by atoms with E-state index in [-0.39, 0.29) is 34.7 Å². The Bertz CT molecular complexity index is 1780. The van der Waals surface area contributed by atoms with E-state index in [4.69, 9.17) is 5.10 Å². The number of carbonyl (C=O) groups is 1. The van der Waals surface area contributed by atoms with Crippen molar-refractivity contribution in [1.29, 1.82) is 0 Å². The average molecular weight is 626 g/mol. The summed E-state index contributed by atoms with van der Waals surface area (Å²) in [5, 5.41) is 29.0. The molecule has 6 unspecified atom stereocenters. The second kappa shape index (κ2) is 10.1. The Hall–Kier alpha value is -2.78. The van der Waals surface area contributed by atoms with Crippen LogP contribution in [-0.4, -0.2) is 48.2 Å². The standard InChI is InChI=1S/C36H39N3O3S2/c1-21-8-11-24(12-9-21)39-28-16-23-10-13-25-26-14-15-36(42,31(41)20-43-33-38-27-6-4-5-7-30(27)44-33)35(26,3)18-29(40)32(25)34(23,2)17-22(28)19-37-39/h4-9,11-12,16,19,25-26,29,32,40,42H,10,13-15,17-18,20H2,1-3H3/t25?,26?,29?,32?,34?,35?,36-/m0/s1. The lowest BCUT2D eigenvalue weighted by molar-refractivity contribution is -0.177. The van der Waals surface area contributed by atoms with Crippen LogP contribution in [-0.2, 0) is 11.2 Å². The van der Waals surface area contributed by atoms with Crippen LogP contribution in [0.3, 0.4) is 0 Å². The third-order valence-electron chi connectivity index (χ3n) is 11.9. The number of para-hydroxylation sites is 1. The first-order chi connectivity index (χ1) is 21.1. The van der Waals surface area contributed by atoms with E-state index >= 15 is 0 Å². The topological polar surface area (TPSA) is 88.2 Å². The van der Waals surface area contributed by atoms with Crippen LogP contribution in [0.2, 0.25) is 0 Å². The summed E-state index contributed by atoms with van der Waals surface area (Å²) in [6.45, 7) is 6.52. The van der Waals surface area contributed by atoms with Crippen molar-refractivity contribution in [3.05, 3.63) is 77.1 Å². The predicted molar refractivity (Wildman–Crippen MR) is 176 cm³/mol. The number of hydrogen-bond acceptors (Lipinski definition) is 7. The van der Waals surface area contributed by atoms with Gasteiger partial charge in [-0.1, -0.05) is 61.0 Å². The number of rotatable bonds is 5. The number of aromatic nitrogens is 3. The van der Waals surface area contributed by atoms with Crippen molar-refractivity contribution in [2.75, 3.05) is 5.75 Å². The Morgan fingerprint density at radius 1 is 1.14 bits per heavy atom. The number of Topliss-reactive ketones (excluding diaryl/α,β-unsaturated/α-hetero) is 1. The van der Waals surface area contributed by atoms with E-state index in [0.717, 1.165) is 51.6 Å². The molecule has 3 fully saturated rings. The van der Waals surface area contributed by atoms with Gasteiger partial charge in [-0.2, -0.15) is 5.10 Å². The van der Waals surface area contributed by atoms with Crippen molar-refractivity contribution in [2.45, 2.75) is 75.3 Å². The lowest BCUT2D eigenvalue weighted by Gasteiger charge is -2.60. The number of carbonyl (C=O) groups excluding carboxylic acids is 1. The molecule has 2 aromatic carbocycles. The molecule has 0 spiro atoms. The Balaban J connectivity index is 1.05. The highest BCUT2D eigenvalue weighted by atomic mass is 32.2. The Labute approximate surface area is 266 Å². The molecule has 6 nitrogen and oxygen atoms in total. The second-order valence-corrected chi connectivity index (χ2v) is 16.4. The number of aliphatic hydroxyl groups excluding tert-OH is 1. The van der Waals surface area contributed by atoms with E-state index in [2.05, 4.69) is 60.8 Å². The summed E-state index contributed by atoms with van der Waals surface area (Å²) in [5.74, 6) is 0.629. The maximum atomic E-state index is 13.9. The van der Waals surface area contributed by atoms with Gasteiger partial charge < -0.3 is 10.2 Å². The number of allylic oxidation sites excluding steroid dienone is 1. The van der Waals surface area contributed by atoms with E-state index < -0.39 is 17.1 Å². The number of benzene rings is 2. The Morgan fingerprint density at radius 3 is 2.73 bits per heavy atom. The minimum Gasteiger partial charge on any atom is -0.393 e. The van der Waals surface area contributed by atoms with Gasteiger partial charge in [0, 0.05) is 5.41 Å². The molecule has 3 saturated carbocycles. The molecule has 2 N–H and O–H groups in total. The zero-order chi connectivity index (χ0) is 30.4. The first-order valence-electron chi connectivity index (χ1n) is 15.9. The summed E-state index contributed by atoms with van der Waals surface area (Å²) in [6.07, 6.45) is 8.30. The zero-order valence-corrected chi connectivity index (χ0v) is 27.1. The summed E-state index contributed by atoms with van der Waals surface area (Å²) in [6, 6.07) is 16.5. The van der Waals surface area contributed by atoms with Crippen molar-refractivity contribution in [3.63, 3.8) is 0 Å². The number of thioether (sulfide) groups is 1. The highest BCUT2D eigenvalue weighted by Gasteiger charge is 2.68. The van der Waals surface area contributed by atoms with Gasteiger partial charge in [-0.25, -0.2) is 9.67 Å². The number of fused-ring (bicyclic) bond motifs is 7.